The molecule has 0 saturated carbocycles. The van der Waals surface area contributed by atoms with Crippen LogP contribution in [0.5, 0.6) is 0 Å². The van der Waals surface area contributed by atoms with Gasteiger partial charge in [-0.25, -0.2) is 0 Å². The Kier molecular flexibility index (Phi) is 7.86. The van der Waals surface area contributed by atoms with E-state index in [9.17, 15) is 9.59 Å². The van der Waals surface area contributed by atoms with E-state index < -0.39 is 5.91 Å². The molecule has 1 unspecified atom stereocenters. The molecule has 2 aromatic carbocycles. The van der Waals surface area contributed by atoms with Gasteiger partial charge in [0, 0.05) is 49.5 Å². The number of carbonyl (C=O) groups is 2. The number of anilines is 4. The first-order chi connectivity index (χ1) is 17.7. The molecule has 1 aliphatic heterocycles. The molecule has 1 aliphatic rings. The van der Waals surface area contributed by atoms with Crippen molar-refractivity contribution in [2.45, 2.75) is 33.2 Å². The number of rotatable bonds is 9. The fourth-order valence-corrected chi connectivity index (χ4v) is 4.32. The molecule has 0 radical (unpaired) electrons. The van der Waals surface area contributed by atoms with Crippen molar-refractivity contribution in [2.75, 3.05) is 42.2 Å². The first kappa shape index (κ1) is 25.9. The summed E-state index contributed by atoms with van der Waals surface area (Å²) in [6.07, 6.45) is 0.782. The van der Waals surface area contributed by atoms with Gasteiger partial charge in [0.1, 0.15) is 0 Å². The van der Waals surface area contributed by atoms with E-state index >= 15 is 0 Å². The lowest BCUT2D eigenvalue weighted by atomic mass is 10.1. The molecule has 2 amide bonds. The van der Waals surface area contributed by atoms with Gasteiger partial charge in [0.15, 0.2) is 0 Å². The highest BCUT2D eigenvalue weighted by molar-refractivity contribution is 5.94. The molecule has 4 N–H and O–H groups in total. The fourth-order valence-electron chi connectivity index (χ4n) is 4.32. The molecule has 4 rings (SSSR count). The molecule has 2 heterocycles. The molecule has 1 fully saturated rings. The van der Waals surface area contributed by atoms with Gasteiger partial charge < -0.3 is 26.2 Å². The van der Waals surface area contributed by atoms with E-state index in [0.717, 1.165) is 18.5 Å². The summed E-state index contributed by atoms with van der Waals surface area (Å²) in [7, 11) is 1.94. The summed E-state index contributed by atoms with van der Waals surface area (Å²) in [5, 5.41) is 6.63. The number of aromatic nitrogens is 3. The molecule has 10 heteroatoms. The number of likely N-dealkylation sites (tertiary alicyclic amines) is 1. The van der Waals surface area contributed by atoms with E-state index in [1.807, 2.05) is 60.2 Å². The summed E-state index contributed by atoms with van der Waals surface area (Å²) in [6.45, 7) is 8.16. The smallest absolute Gasteiger partial charge is 0.253 e. The number of nitrogens with zero attached hydrogens (tertiary/aromatic N) is 5. The monoisotopic (exact) mass is 502 g/mol. The van der Waals surface area contributed by atoms with E-state index in [0.29, 0.717) is 53.7 Å². The highest BCUT2D eigenvalue weighted by Crippen LogP contribution is 2.23. The summed E-state index contributed by atoms with van der Waals surface area (Å²) in [6, 6.07) is 14.5. The predicted molar refractivity (Wildman–Crippen MR) is 145 cm³/mol. The zero-order valence-electron chi connectivity index (χ0n) is 21.7. The zero-order chi connectivity index (χ0) is 26.5. The molecular formula is C27H34N8O2. The third-order valence-electron chi connectivity index (χ3n) is 6.20. The Balaban J connectivity index is 1.56. The van der Waals surface area contributed by atoms with Crippen LogP contribution >= 0.6 is 0 Å². The van der Waals surface area contributed by atoms with Crippen molar-refractivity contribution in [2.24, 2.45) is 11.7 Å². The summed E-state index contributed by atoms with van der Waals surface area (Å²) < 4.78 is 0. The summed E-state index contributed by atoms with van der Waals surface area (Å²) >= 11 is 0. The Morgan fingerprint density at radius 3 is 2.51 bits per heavy atom. The number of hydrogen-bond acceptors (Lipinski definition) is 8. The van der Waals surface area contributed by atoms with Gasteiger partial charge >= 0.3 is 0 Å². The summed E-state index contributed by atoms with van der Waals surface area (Å²) in [5.74, 6) is 1.22. The van der Waals surface area contributed by atoms with Crippen LogP contribution in [0.1, 0.15) is 46.5 Å². The van der Waals surface area contributed by atoms with Crippen LogP contribution < -0.4 is 21.3 Å². The first-order valence-electron chi connectivity index (χ1n) is 12.4. The molecule has 1 aromatic heterocycles. The van der Waals surface area contributed by atoms with Gasteiger partial charge in [-0.05, 0) is 49.1 Å². The molecule has 0 aliphatic carbocycles. The van der Waals surface area contributed by atoms with Gasteiger partial charge in [-0.15, -0.1) is 0 Å². The molecule has 10 nitrogen and oxygen atoms in total. The maximum Gasteiger partial charge on any atom is 0.253 e. The van der Waals surface area contributed by atoms with E-state index in [4.69, 9.17) is 5.73 Å². The minimum atomic E-state index is -0.505. The number of benzene rings is 2. The van der Waals surface area contributed by atoms with Crippen molar-refractivity contribution in [1.29, 1.82) is 0 Å². The Hall–Kier alpha value is -4.21. The van der Waals surface area contributed by atoms with Gasteiger partial charge in [-0.1, -0.05) is 38.1 Å². The van der Waals surface area contributed by atoms with Crippen molar-refractivity contribution in [3.8, 4) is 0 Å². The average Bonchev–Trinajstić information content (AvgIpc) is 3.33. The van der Waals surface area contributed by atoms with Crippen molar-refractivity contribution in [3.05, 3.63) is 65.2 Å². The van der Waals surface area contributed by atoms with Gasteiger partial charge in [0.2, 0.25) is 23.8 Å². The van der Waals surface area contributed by atoms with E-state index in [1.54, 1.807) is 12.1 Å². The number of nitrogens with two attached hydrogens (primary N) is 1. The molecular weight excluding hydrogens is 468 g/mol. The van der Waals surface area contributed by atoms with E-state index in [2.05, 4.69) is 39.4 Å². The number of hydrogen-bond donors (Lipinski definition) is 3. The minimum Gasteiger partial charge on any atom is -0.366 e. The highest BCUT2D eigenvalue weighted by Gasteiger charge is 2.28. The maximum atomic E-state index is 12.9. The van der Waals surface area contributed by atoms with Crippen LogP contribution in [-0.2, 0) is 0 Å². The third-order valence-corrected chi connectivity index (χ3v) is 6.20. The molecule has 0 spiro atoms. The Morgan fingerprint density at radius 2 is 1.81 bits per heavy atom. The predicted octanol–water partition coefficient (Wildman–Crippen LogP) is 3.44. The van der Waals surface area contributed by atoms with E-state index in [1.165, 1.54) is 0 Å². The van der Waals surface area contributed by atoms with Crippen LogP contribution in [0.15, 0.2) is 48.5 Å². The molecule has 3 aromatic rings. The van der Waals surface area contributed by atoms with Crippen LogP contribution in [0.25, 0.3) is 0 Å². The molecule has 0 bridgehead atoms. The minimum absolute atomic E-state index is 0.00564. The van der Waals surface area contributed by atoms with Gasteiger partial charge in [-0.3, -0.25) is 9.59 Å². The lowest BCUT2D eigenvalue weighted by Crippen LogP contribution is -2.32. The number of primary amides is 1. The molecule has 1 atom stereocenters. The lowest BCUT2D eigenvalue weighted by Gasteiger charge is -2.22. The van der Waals surface area contributed by atoms with Gasteiger partial charge in [-0.2, -0.15) is 15.0 Å². The second-order valence-electron chi connectivity index (χ2n) is 9.82. The van der Waals surface area contributed by atoms with Crippen molar-refractivity contribution in [1.82, 2.24) is 19.9 Å². The number of amides is 2. The third kappa shape index (κ3) is 6.52. The Bertz CT molecular complexity index is 1260. The van der Waals surface area contributed by atoms with Crippen LogP contribution in [0.2, 0.25) is 0 Å². The number of nitrogens with one attached hydrogen (secondary N) is 2. The maximum absolute atomic E-state index is 12.9. The molecule has 1 saturated heterocycles. The number of aryl methyl sites for hydroxylation is 1. The average molecular weight is 503 g/mol. The van der Waals surface area contributed by atoms with Crippen molar-refractivity contribution in [3.63, 3.8) is 0 Å². The lowest BCUT2D eigenvalue weighted by molar-refractivity contribution is 0.0791. The first-order valence-corrected chi connectivity index (χ1v) is 12.4. The van der Waals surface area contributed by atoms with Crippen LogP contribution in [0.4, 0.5) is 23.5 Å². The number of carbonyl (C=O) groups excluding carboxylic acids is 2. The van der Waals surface area contributed by atoms with Crippen LogP contribution in [0.3, 0.4) is 0 Å². The topological polar surface area (TPSA) is 129 Å². The second kappa shape index (κ2) is 11.2. The quantitative estimate of drug-likeness (QED) is 0.406. The van der Waals surface area contributed by atoms with E-state index in [-0.39, 0.29) is 11.9 Å². The fraction of sp³-hybridized carbons (Fsp3) is 0.370. The Labute approximate surface area is 217 Å². The van der Waals surface area contributed by atoms with Crippen molar-refractivity contribution < 1.29 is 9.59 Å². The van der Waals surface area contributed by atoms with Crippen LogP contribution in [0, 0.1) is 12.8 Å². The largest absolute Gasteiger partial charge is 0.366 e. The van der Waals surface area contributed by atoms with Crippen molar-refractivity contribution >= 4 is 35.3 Å². The van der Waals surface area contributed by atoms with Crippen LogP contribution in [-0.4, -0.2) is 64.4 Å². The molecule has 194 valence electrons. The normalized spacial score (nSPS) is 15.1. The molecule has 37 heavy (non-hydrogen) atoms. The van der Waals surface area contributed by atoms with Gasteiger partial charge in [0.25, 0.3) is 5.91 Å². The van der Waals surface area contributed by atoms with Gasteiger partial charge in [0.05, 0.1) is 0 Å². The standard InChI is InChI=1S/C27H34N8O2/c1-17(2)15-34(4)27-32-25(29-21-12-13-35(16-21)24(37)19-8-6-5-7-9-19)31-26(33-27)30-22-14-20(23(28)36)11-10-18(22)3/h5-11,14,17,21H,12-13,15-16H2,1-4H3,(H2,28,36)(H2,29,30,31,32,33). The Morgan fingerprint density at radius 1 is 1.08 bits per heavy atom. The zero-order valence-corrected chi connectivity index (χ0v) is 21.7. The summed E-state index contributed by atoms with van der Waals surface area (Å²) in [4.78, 5) is 42.3. The highest BCUT2D eigenvalue weighted by atomic mass is 16.2. The second-order valence-corrected chi connectivity index (χ2v) is 9.82. The SMILES string of the molecule is Cc1ccc(C(N)=O)cc1Nc1nc(NC2CCN(C(=O)c3ccccc3)C2)nc(N(C)CC(C)C)n1. The summed E-state index contributed by atoms with van der Waals surface area (Å²) in [5.41, 5.74) is 8.15.